The van der Waals surface area contributed by atoms with Crippen LogP contribution < -0.4 is 0 Å². The summed E-state index contributed by atoms with van der Waals surface area (Å²) in [5, 5.41) is 9.66. The van der Waals surface area contributed by atoms with E-state index in [0.717, 1.165) is 64.2 Å². The largest absolute Gasteiger partial charge is 0.477 e. The van der Waals surface area contributed by atoms with Gasteiger partial charge >= 0.3 is 17.9 Å². The molecule has 0 radical (unpaired) electrons. The summed E-state index contributed by atoms with van der Waals surface area (Å²) >= 11 is 0. The Morgan fingerprint density at radius 2 is 0.841 bits per heavy atom. The minimum absolute atomic E-state index is 0.0553. The van der Waals surface area contributed by atoms with Gasteiger partial charge in [0.25, 0.3) is 0 Å². The lowest BCUT2D eigenvalue weighted by Gasteiger charge is -2.31. The van der Waals surface area contributed by atoms with E-state index in [1.165, 1.54) is 135 Å². The second-order valence-corrected chi connectivity index (χ2v) is 18.8. The first-order valence-electron chi connectivity index (χ1n) is 26.2. The van der Waals surface area contributed by atoms with Gasteiger partial charge in [0.1, 0.15) is 6.61 Å². The highest BCUT2D eigenvalue weighted by Crippen LogP contribution is 2.15. The summed E-state index contributed by atoms with van der Waals surface area (Å²) < 4.78 is 17.4. The Labute approximate surface area is 388 Å². The molecule has 0 aliphatic heterocycles. The summed E-state index contributed by atoms with van der Waals surface area (Å²) in [6.45, 7) is 4.71. The molecule has 63 heavy (non-hydrogen) atoms. The van der Waals surface area contributed by atoms with E-state index in [4.69, 9.17) is 14.2 Å². The van der Waals surface area contributed by atoms with Crippen LogP contribution in [0.5, 0.6) is 0 Å². The number of carbonyl (C=O) groups is 3. The molecule has 2 atom stereocenters. The maximum Gasteiger partial charge on any atom is 0.362 e. The first-order chi connectivity index (χ1) is 30.6. The van der Waals surface area contributed by atoms with Crippen LogP contribution in [0.25, 0.3) is 0 Å². The molecule has 0 saturated heterocycles. The van der Waals surface area contributed by atoms with Gasteiger partial charge in [0, 0.05) is 19.3 Å². The number of rotatable bonds is 47. The number of unbranched alkanes of at least 4 members (excludes halogenated alkanes) is 25. The SMILES string of the molecule is CCCCC/C=C/C/C=C/CCCCCCCCCC(=O)OCC(COCCC(C(=O)O)[N+](C)(C)C)OC(=O)CCCCCCCCC/C=C/C/C=C/CCCCCCCCCC. The predicted molar refractivity (Wildman–Crippen MR) is 266 cm³/mol. The molecule has 0 saturated carbocycles. The number of nitrogens with zero attached hydrogens (tertiary/aromatic N) is 1. The van der Waals surface area contributed by atoms with E-state index in [1.54, 1.807) is 0 Å². The zero-order valence-corrected chi connectivity index (χ0v) is 41.8. The van der Waals surface area contributed by atoms with Gasteiger partial charge in [0.15, 0.2) is 12.1 Å². The molecule has 0 fully saturated rings. The summed E-state index contributed by atoms with van der Waals surface area (Å²) in [5.74, 6) is -1.48. The quantitative estimate of drug-likeness (QED) is 0.0281. The van der Waals surface area contributed by atoms with Gasteiger partial charge in [0.05, 0.1) is 34.4 Å². The molecule has 0 rings (SSSR count). The fraction of sp³-hybridized carbons (Fsp3) is 0.800. The van der Waals surface area contributed by atoms with Crippen LogP contribution in [0.4, 0.5) is 0 Å². The molecule has 1 N–H and O–H groups in total. The van der Waals surface area contributed by atoms with Crippen LogP contribution in [0.3, 0.4) is 0 Å². The summed E-state index contributed by atoms with van der Waals surface area (Å²) in [4.78, 5) is 37.2. The Hall–Kier alpha value is -2.71. The van der Waals surface area contributed by atoms with Crippen molar-refractivity contribution < 1.29 is 38.2 Å². The fourth-order valence-corrected chi connectivity index (χ4v) is 7.62. The lowest BCUT2D eigenvalue weighted by Crippen LogP contribution is -2.50. The topological polar surface area (TPSA) is 99.1 Å². The Kier molecular flexibility index (Phi) is 43.9. The van der Waals surface area contributed by atoms with E-state index in [0.29, 0.717) is 19.3 Å². The van der Waals surface area contributed by atoms with Crippen LogP contribution in [-0.2, 0) is 28.6 Å². The Morgan fingerprint density at radius 3 is 1.25 bits per heavy atom. The molecule has 0 bridgehead atoms. The standard InChI is InChI=1S/C55H99NO7/c1-6-8-10-12-14-16-18-20-22-24-25-26-27-28-30-32-34-36-38-40-42-44-46-54(58)63-51(49-61-48-47-52(55(59)60)56(3,4)5)50-62-53(57)45-43-41-39-37-35-33-31-29-23-21-19-17-15-13-11-9-7-2/h15,17,21,23-25,27-28,51-52H,6-14,16,18-20,22,26,29-50H2,1-5H3/p+1/b17-15+,23-21+,25-24+,28-27+. The van der Waals surface area contributed by atoms with Gasteiger partial charge < -0.3 is 23.8 Å². The summed E-state index contributed by atoms with van der Waals surface area (Å²) in [6.07, 6.45) is 55.8. The van der Waals surface area contributed by atoms with Crippen LogP contribution in [0.2, 0.25) is 0 Å². The smallest absolute Gasteiger partial charge is 0.362 e. The number of aliphatic carboxylic acids is 1. The maximum atomic E-state index is 12.8. The van der Waals surface area contributed by atoms with Crippen molar-refractivity contribution in [3.8, 4) is 0 Å². The van der Waals surface area contributed by atoms with Crippen LogP contribution in [0, 0.1) is 0 Å². The molecule has 2 unspecified atom stereocenters. The number of hydrogen-bond acceptors (Lipinski definition) is 6. The minimum Gasteiger partial charge on any atom is -0.477 e. The number of ether oxygens (including phenoxy) is 3. The highest BCUT2D eigenvalue weighted by atomic mass is 16.6. The predicted octanol–water partition coefficient (Wildman–Crippen LogP) is 15.1. The first-order valence-corrected chi connectivity index (χ1v) is 26.2. The number of allylic oxidation sites excluding steroid dienone is 8. The summed E-state index contributed by atoms with van der Waals surface area (Å²) in [7, 11) is 5.53. The Bertz CT molecular complexity index is 1170. The number of quaternary nitrogens is 1. The fourth-order valence-electron chi connectivity index (χ4n) is 7.62. The maximum absolute atomic E-state index is 12.8. The van der Waals surface area contributed by atoms with Gasteiger partial charge in [-0.05, 0) is 77.0 Å². The van der Waals surface area contributed by atoms with Gasteiger partial charge in [-0.1, -0.05) is 184 Å². The van der Waals surface area contributed by atoms with Gasteiger partial charge in [-0.3, -0.25) is 9.59 Å². The Balaban J connectivity index is 4.26. The van der Waals surface area contributed by atoms with Crippen molar-refractivity contribution >= 4 is 17.9 Å². The van der Waals surface area contributed by atoms with Gasteiger partial charge in [0.2, 0.25) is 0 Å². The van der Waals surface area contributed by atoms with Gasteiger partial charge in [-0.15, -0.1) is 0 Å². The second kappa shape index (κ2) is 45.8. The molecule has 0 aromatic carbocycles. The van der Waals surface area contributed by atoms with E-state index in [9.17, 15) is 19.5 Å². The third-order valence-corrected chi connectivity index (χ3v) is 11.7. The molecule has 8 heteroatoms. The van der Waals surface area contributed by atoms with E-state index in [-0.39, 0.29) is 36.2 Å². The third kappa shape index (κ3) is 44.3. The Morgan fingerprint density at radius 1 is 0.476 bits per heavy atom. The zero-order chi connectivity index (χ0) is 46.3. The van der Waals surface area contributed by atoms with Crippen LogP contribution >= 0.6 is 0 Å². The molecule has 0 aliphatic rings. The highest BCUT2D eigenvalue weighted by molar-refractivity contribution is 5.72. The number of carboxylic acid groups (broad SMARTS) is 1. The normalized spacial score (nSPS) is 13.2. The zero-order valence-electron chi connectivity index (χ0n) is 41.8. The summed E-state index contributed by atoms with van der Waals surface area (Å²) in [5.41, 5.74) is 0. The van der Waals surface area contributed by atoms with Crippen LogP contribution in [0.1, 0.15) is 232 Å². The lowest BCUT2D eigenvalue weighted by atomic mass is 10.1. The molecule has 0 amide bonds. The highest BCUT2D eigenvalue weighted by Gasteiger charge is 2.31. The number of likely N-dealkylation sites (N-methyl/N-ethyl adjacent to an activating group) is 1. The molecule has 0 aromatic rings. The number of esters is 2. The van der Waals surface area contributed by atoms with Crippen LogP contribution in [-0.4, -0.2) is 80.6 Å². The monoisotopic (exact) mass is 887 g/mol. The van der Waals surface area contributed by atoms with Crippen molar-refractivity contribution in [1.29, 1.82) is 0 Å². The van der Waals surface area contributed by atoms with Crippen molar-refractivity contribution in [2.45, 2.75) is 244 Å². The van der Waals surface area contributed by atoms with E-state index >= 15 is 0 Å². The number of carboxylic acids is 1. The van der Waals surface area contributed by atoms with Gasteiger partial charge in [-0.2, -0.15) is 0 Å². The molecular weight excluding hydrogens is 787 g/mol. The first kappa shape index (κ1) is 60.3. The number of carbonyl (C=O) groups excluding carboxylic acids is 2. The third-order valence-electron chi connectivity index (χ3n) is 11.7. The second-order valence-electron chi connectivity index (χ2n) is 18.8. The lowest BCUT2D eigenvalue weighted by molar-refractivity contribution is -0.887. The average molecular weight is 887 g/mol. The van der Waals surface area contributed by atoms with E-state index in [1.807, 2.05) is 21.1 Å². The molecular formula is C55H100NO7+. The van der Waals surface area contributed by atoms with Crippen molar-refractivity contribution in [3.63, 3.8) is 0 Å². The van der Waals surface area contributed by atoms with Crippen molar-refractivity contribution in [1.82, 2.24) is 0 Å². The molecule has 366 valence electrons. The van der Waals surface area contributed by atoms with Crippen molar-refractivity contribution in [3.05, 3.63) is 48.6 Å². The molecule has 0 aliphatic carbocycles. The van der Waals surface area contributed by atoms with Crippen molar-refractivity contribution in [2.24, 2.45) is 0 Å². The van der Waals surface area contributed by atoms with E-state index < -0.39 is 18.1 Å². The molecule has 0 heterocycles. The molecule has 8 nitrogen and oxygen atoms in total. The molecule has 0 spiro atoms. The van der Waals surface area contributed by atoms with E-state index in [2.05, 4.69) is 62.5 Å². The average Bonchev–Trinajstić information content (AvgIpc) is 3.24. The van der Waals surface area contributed by atoms with Gasteiger partial charge in [-0.25, -0.2) is 4.79 Å². The van der Waals surface area contributed by atoms with Crippen LogP contribution in [0.15, 0.2) is 48.6 Å². The molecule has 0 aromatic heterocycles. The van der Waals surface area contributed by atoms with Crippen molar-refractivity contribution in [2.75, 3.05) is 41.0 Å². The summed E-state index contributed by atoms with van der Waals surface area (Å²) in [6, 6.07) is -0.619. The minimum atomic E-state index is -0.877. The number of hydrogen-bond donors (Lipinski definition) is 1.